The molecule has 2 saturated heterocycles. The average Bonchev–Trinajstić information content (AvgIpc) is 3.34. The predicted molar refractivity (Wildman–Crippen MR) is 149 cm³/mol. The fraction of sp³-hybridized carbons (Fsp3) is 0.448. The number of ether oxygens (including phenoxy) is 1. The Morgan fingerprint density at radius 1 is 1.00 bits per heavy atom. The monoisotopic (exact) mass is 503 g/mol. The fourth-order valence-corrected chi connectivity index (χ4v) is 6.35. The van der Waals surface area contributed by atoms with Crippen LogP contribution in [0.5, 0.6) is 0 Å². The number of nitrogens with zero attached hydrogens (tertiary/aromatic N) is 4. The van der Waals surface area contributed by atoms with Gasteiger partial charge in [-0.3, -0.25) is 9.88 Å². The summed E-state index contributed by atoms with van der Waals surface area (Å²) in [5.74, 6) is 0. The van der Waals surface area contributed by atoms with Crippen molar-refractivity contribution in [3.8, 4) is 5.69 Å². The topological polar surface area (TPSA) is 45.6 Å². The molecule has 4 heterocycles. The first-order valence-corrected chi connectivity index (χ1v) is 13.3. The van der Waals surface area contributed by atoms with Crippen LogP contribution in [-0.4, -0.2) is 63.9 Å². The second-order valence-corrected chi connectivity index (χ2v) is 10.6. The SMILES string of the molecule is Cc1cc(C)c(-n2c(C)cc([C@@H]3[C@H](c4ccccn4)NC(=S)N3CCN3CCOCC3)c2C)c(C)c1. The van der Waals surface area contributed by atoms with Gasteiger partial charge in [-0.15, -0.1) is 0 Å². The summed E-state index contributed by atoms with van der Waals surface area (Å²) in [4.78, 5) is 9.58. The normalized spacial score (nSPS) is 20.7. The van der Waals surface area contributed by atoms with Gasteiger partial charge in [-0.1, -0.05) is 23.8 Å². The Balaban J connectivity index is 1.56. The van der Waals surface area contributed by atoms with Crippen molar-refractivity contribution in [1.29, 1.82) is 0 Å². The lowest BCUT2D eigenvalue weighted by molar-refractivity contribution is 0.0350. The molecule has 0 spiro atoms. The molecule has 0 radical (unpaired) electrons. The molecule has 2 aliphatic rings. The van der Waals surface area contributed by atoms with E-state index in [9.17, 15) is 0 Å². The molecule has 1 N–H and O–H groups in total. The molecule has 7 heteroatoms. The van der Waals surface area contributed by atoms with E-state index in [1.54, 1.807) is 0 Å². The van der Waals surface area contributed by atoms with E-state index in [2.05, 4.69) is 84.6 Å². The van der Waals surface area contributed by atoms with Gasteiger partial charge in [-0.25, -0.2) is 0 Å². The number of thiocarbonyl (C=S) groups is 1. The molecular formula is C29H37N5OS. The first kappa shape index (κ1) is 24.9. The van der Waals surface area contributed by atoms with Crippen LogP contribution in [-0.2, 0) is 4.74 Å². The van der Waals surface area contributed by atoms with Gasteiger partial charge in [0.25, 0.3) is 0 Å². The number of morpholine rings is 1. The summed E-state index contributed by atoms with van der Waals surface area (Å²) < 4.78 is 7.98. The lowest BCUT2D eigenvalue weighted by Crippen LogP contribution is -2.42. The van der Waals surface area contributed by atoms with Gasteiger partial charge in [0.1, 0.15) is 0 Å². The van der Waals surface area contributed by atoms with Crippen molar-refractivity contribution < 1.29 is 4.74 Å². The van der Waals surface area contributed by atoms with Crippen molar-refractivity contribution in [2.75, 3.05) is 39.4 Å². The number of hydrogen-bond donors (Lipinski definition) is 1. The molecule has 190 valence electrons. The molecule has 5 rings (SSSR count). The minimum absolute atomic E-state index is 0.00227. The standard InChI is InChI=1S/C29H37N5OS/c1-19-16-20(2)27(21(3)17-19)34-22(4)18-24(23(34)5)28-26(25-8-6-7-9-30-25)31-29(36)33(28)11-10-32-12-14-35-15-13-32/h6-9,16-18,26,28H,10-15H2,1-5H3,(H,31,36)/t26-,28+/m0/s1. The number of rotatable bonds is 6. The molecule has 0 aliphatic carbocycles. The highest BCUT2D eigenvalue weighted by Crippen LogP contribution is 2.41. The van der Waals surface area contributed by atoms with Gasteiger partial charge in [0, 0.05) is 43.8 Å². The molecule has 6 nitrogen and oxygen atoms in total. The molecule has 1 aromatic carbocycles. The lowest BCUT2D eigenvalue weighted by atomic mass is 9.96. The molecule has 3 aromatic rings. The number of pyridine rings is 1. The summed E-state index contributed by atoms with van der Waals surface area (Å²) in [6.45, 7) is 16.4. The number of aryl methyl sites for hydroxylation is 4. The molecule has 0 unspecified atom stereocenters. The first-order chi connectivity index (χ1) is 17.3. The maximum atomic E-state index is 5.93. The number of benzene rings is 1. The van der Waals surface area contributed by atoms with Gasteiger partial charge in [-0.2, -0.15) is 0 Å². The van der Waals surface area contributed by atoms with Crippen LogP contribution < -0.4 is 5.32 Å². The quantitative estimate of drug-likeness (QED) is 0.491. The maximum Gasteiger partial charge on any atom is 0.170 e. The molecule has 2 aromatic heterocycles. The van der Waals surface area contributed by atoms with Gasteiger partial charge in [-0.05, 0) is 81.7 Å². The van der Waals surface area contributed by atoms with E-state index >= 15 is 0 Å². The van der Waals surface area contributed by atoms with E-state index in [4.69, 9.17) is 21.9 Å². The van der Waals surface area contributed by atoms with Gasteiger partial charge in [0.15, 0.2) is 5.11 Å². The molecule has 0 saturated carbocycles. The Kier molecular flexibility index (Phi) is 7.15. The van der Waals surface area contributed by atoms with Crippen LogP contribution in [0, 0.1) is 34.6 Å². The van der Waals surface area contributed by atoms with Crippen molar-refractivity contribution in [2.45, 2.75) is 46.7 Å². The van der Waals surface area contributed by atoms with E-state index in [-0.39, 0.29) is 12.1 Å². The summed E-state index contributed by atoms with van der Waals surface area (Å²) in [5, 5.41) is 4.43. The van der Waals surface area contributed by atoms with Crippen LogP contribution >= 0.6 is 12.2 Å². The molecule has 2 aliphatic heterocycles. The van der Waals surface area contributed by atoms with Gasteiger partial charge >= 0.3 is 0 Å². The Hall–Kier alpha value is -2.74. The fourth-order valence-electron chi connectivity index (χ4n) is 6.02. The molecular weight excluding hydrogens is 466 g/mol. The van der Waals surface area contributed by atoms with Crippen LogP contribution in [0.25, 0.3) is 5.69 Å². The summed E-state index contributed by atoms with van der Waals surface area (Å²) in [6, 6.07) is 13.1. The predicted octanol–water partition coefficient (Wildman–Crippen LogP) is 4.72. The minimum atomic E-state index is -0.00227. The van der Waals surface area contributed by atoms with Crippen molar-refractivity contribution >= 4 is 17.3 Å². The van der Waals surface area contributed by atoms with Crippen molar-refractivity contribution in [3.63, 3.8) is 0 Å². The van der Waals surface area contributed by atoms with Crippen LogP contribution in [0.4, 0.5) is 0 Å². The summed E-state index contributed by atoms with van der Waals surface area (Å²) in [5.41, 5.74) is 10.00. The molecule has 2 atom stereocenters. The highest BCUT2D eigenvalue weighted by Gasteiger charge is 2.41. The van der Waals surface area contributed by atoms with Crippen LogP contribution in [0.15, 0.2) is 42.6 Å². The van der Waals surface area contributed by atoms with Crippen molar-refractivity contribution in [3.05, 3.63) is 81.9 Å². The van der Waals surface area contributed by atoms with Gasteiger partial charge in [0.2, 0.25) is 0 Å². The summed E-state index contributed by atoms with van der Waals surface area (Å²) in [6.07, 6.45) is 1.87. The smallest absolute Gasteiger partial charge is 0.170 e. The van der Waals surface area contributed by atoms with E-state index in [1.165, 1.54) is 39.3 Å². The molecule has 36 heavy (non-hydrogen) atoms. The van der Waals surface area contributed by atoms with Gasteiger partial charge < -0.3 is 19.5 Å². The van der Waals surface area contributed by atoms with Crippen LogP contribution in [0.1, 0.15) is 51.4 Å². The second kappa shape index (κ2) is 10.3. The van der Waals surface area contributed by atoms with Crippen LogP contribution in [0.3, 0.4) is 0 Å². The molecule has 2 fully saturated rings. The Bertz CT molecular complexity index is 1230. The molecule has 0 bridgehead atoms. The molecule has 0 amide bonds. The van der Waals surface area contributed by atoms with Gasteiger partial charge in [0.05, 0.1) is 36.7 Å². The van der Waals surface area contributed by atoms with Crippen LogP contribution in [0.2, 0.25) is 0 Å². The first-order valence-electron chi connectivity index (χ1n) is 12.9. The van der Waals surface area contributed by atoms with E-state index < -0.39 is 0 Å². The lowest BCUT2D eigenvalue weighted by Gasteiger charge is -2.32. The summed E-state index contributed by atoms with van der Waals surface area (Å²) in [7, 11) is 0. The number of nitrogens with one attached hydrogen (secondary N) is 1. The summed E-state index contributed by atoms with van der Waals surface area (Å²) >= 11 is 5.93. The Morgan fingerprint density at radius 3 is 2.39 bits per heavy atom. The third-order valence-corrected chi connectivity index (χ3v) is 7.96. The maximum absolute atomic E-state index is 5.93. The van der Waals surface area contributed by atoms with Crippen molar-refractivity contribution in [1.82, 2.24) is 24.7 Å². The highest BCUT2D eigenvalue weighted by atomic mass is 32.1. The Morgan fingerprint density at radius 2 is 1.72 bits per heavy atom. The zero-order valence-corrected chi connectivity index (χ0v) is 22.9. The van der Waals surface area contributed by atoms with E-state index in [0.29, 0.717) is 0 Å². The van der Waals surface area contributed by atoms with E-state index in [1.807, 2.05) is 12.3 Å². The Labute approximate surface area is 220 Å². The number of aromatic nitrogens is 2. The largest absolute Gasteiger partial charge is 0.379 e. The number of hydrogen-bond acceptors (Lipinski definition) is 4. The minimum Gasteiger partial charge on any atom is -0.379 e. The second-order valence-electron chi connectivity index (χ2n) is 10.2. The third kappa shape index (κ3) is 4.67. The zero-order valence-electron chi connectivity index (χ0n) is 22.0. The third-order valence-electron chi connectivity index (χ3n) is 7.61. The van der Waals surface area contributed by atoms with Crippen molar-refractivity contribution in [2.24, 2.45) is 0 Å². The zero-order chi connectivity index (χ0) is 25.4. The highest BCUT2D eigenvalue weighted by molar-refractivity contribution is 7.80. The average molecular weight is 504 g/mol. The van der Waals surface area contributed by atoms with E-state index in [0.717, 1.165) is 50.2 Å².